The molecule has 1 atom stereocenters. The van der Waals surface area contributed by atoms with E-state index < -0.39 is 12.1 Å². The van der Waals surface area contributed by atoms with Crippen LogP contribution in [0.5, 0.6) is 5.75 Å². The van der Waals surface area contributed by atoms with Crippen LogP contribution in [0.4, 0.5) is 0 Å². The summed E-state index contributed by atoms with van der Waals surface area (Å²) in [6.07, 6.45) is -0.721. The highest BCUT2D eigenvalue weighted by molar-refractivity contribution is 6.35. The zero-order chi connectivity index (χ0) is 15.9. The molecule has 1 aromatic carbocycles. The summed E-state index contributed by atoms with van der Waals surface area (Å²) in [6, 6.07) is 4.86. The maximum Gasteiger partial charge on any atom is 0.347 e. The van der Waals surface area contributed by atoms with E-state index in [2.05, 4.69) is 10.2 Å². The van der Waals surface area contributed by atoms with Crippen molar-refractivity contribution in [3.05, 3.63) is 28.2 Å². The molecule has 1 aliphatic heterocycles. The van der Waals surface area contributed by atoms with Crippen LogP contribution in [0, 0.1) is 0 Å². The molecule has 2 rings (SSSR count). The third-order valence-electron chi connectivity index (χ3n) is 3.39. The third kappa shape index (κ3) is 5.32. The number of carbonyl (C=O) groups excluding carboxylic acids is 1. The minimum absolute atomic E-state index is 0.362. The number of carbonyl (C=O) groups is 1. The Hall–Kier alpha value is -1.01. The van der Waals surface area contributed by atoms with Gasteiger partial charge in [0.25, 0.3) is 0 Å². The van der Waals surface area contributed by atoms with Crippen LogP contribution in [0.2, 0.25) is 10.0 Å². The van der Waals surface area contributed by atoms with E-state index in [1.54, 1.807) is 25.1 Å². The quantitative estimate of drug-likeness (QED) is 0.800. The molecule has 0 amide bonds. The molecule has 0 bridgehead atoms. The molecule has 0 spiro atoms. The van der Waals surface area contributed by atoms with E-state index in [1.807, 2.05) is 0 Å². The molecule has 0 aromatic heterocycles. The zero-order valence-electron chi connectivity index (χ0n) is 12.5. The van der Waals surface area contributed by atoms with E-state index in [0.29, 0.717) is 22.4 Å². The molecule has 1 fully saturated rings. The number of nitrogens with one attached hydrogen (secondary N) is 1. The number of nitrogens with zero attached hydrogens (tertiary/aromatic N) is 1. The molecular weight excluding hydrogens is 327 g/mol. The van der Waals surface area contributed by atoms with Crippen molar-refractivity contribution >= 4 is 29.2 Å². The average Bonchev–Trinajstić information content (AvgIpc) is 2.51. The van der Waals surface area contributed by atoms with Gasteiger partial charge in [0.2, 0.25) is 0 Å². The average molecular weight is 347 g/mol. The second kappa shape index (κ2) is 8.58. The van der Waals surface area contributed by atoms with Crippen molar-refractivity contribution in [3.8, 4) is 5.75 Å². The van der Waals surface area contributed by atoms with E-state index in [1.165, 1.54) is 0 Å². The summed E-state index contributed by atoms with van der Waals surface area (Å²) in [6.45, 7) is 6.64. The second-order valence-electron chi connectivity index (χ2n) is 5.09. The van der Waals surface area contributed by atoms with Crippen LogP contribution in [0.1, 0.15) is 6.92 Å². The van der Waals surface area contributed by atoms with Gasteiger partial charge in [-0.3, -0.25) is 4.90 Å². The highest BCUT2D eigenvalue weighted by Gasteiger charge is 2.18. The van der Waals surface area contributed by atoms with Gasteiger partial charge in [-0.15, -0.1) is 0 Å². The van der Waals surface area contributed by atoms with Gasteiger partial charge in [-0.25, -0.2) is 4.79 Å². The van der Waals surface area contributed by atoms with E-state index >= 15 is 0 Å². The van der Waals surface area contributed by atoms with Gasteiger partial charge in [-0.1, -0.05) is 23.2 Å². The standard InChI is InChI=1S/C15H20Cl2N2O3/c1-11(22-14-3-2-12(16)10-13(14)17)15(20)21-9-8-19-6-4-18-5-7-19/h2-3,10-11,18H,4-9H2,1H3. The van der Waals surface area contributed by atoms with Crippen molar-refractivity contribution in [3.63, 3.8) is 0 Å². The normalized spacial score (nSPS) is 17.0. The van der Waals surface area contributed by atoms with Gasteiger partial charge < -0.3 is 14.8 Å². The highest BCUT2D eigenvalue weighted by atomic mass is 35.5. The van der Waals surface area contributed by atoms with Crippen LogP contribution in [0.3, 0.4) is 0 Å². The summed E-state index contributed by atoms with van der Waals surface area (Å²) in [5.74, 6) is 0.0128. The SMILES string of the molecule is CC(Oc1ccc(Cl)cc1Cl)C(=O)OCCN1CCNCC1. The molecule has 1 N–H and O–H groups in total. The smallest absolute Gasteiger partial charge is 0.347 e. The van der Waals surface area contributed by atoms with Crippen LogP contribution in [0.15, 0.2) is 18.2 Å². The molecule has 0 aliphatic carbocycles. The van der Waals surface area contributed by atoms with Gasteiger partial charge in [0.1, 0.15) is 12.4 Å². The lowest BCUT2D eigenvalue weighted by molar-refractivity contribution is -0.151. The van der Waals surface area contributed by atoms with Crippen molar-refractivity contribution in [2.24, 2.45) is 0 Å². The first-order valence-electron chi connectivity index (χ1n) is 7.27. The number of hydrogen-bond donors (Lipinski definition) is 1. The number of halogens is 2. The topological polar surface area (TPSA) is 50.8 Å². The van der Waals surface area contributed by atoms with Gasteiger partial charge in [-0.2, -0.15) is 0 Å². The highest BCUT2D eigenvalue weighted by Crippen LogP contribution is 2.28. The zero-order valence-corrected chi connectivity index (χ0v) is 14.0. The molecule has 0 radical (unpaired) electrons. The number of hydrogen-bond acceptors (Lipinski definition) is 5. The maximum atomic E-state index is 11.9. The molecule has 1 aliphatic rings. The summed E-state index contributed by atoms with van der Waals surface area (Å²) < 4.78 is 10.8. The Bertz CT molecular complexity index is 508. The molecule has 7 heteroatoms. The fourth-order valence-electron chi connectivity index (χ4n) is 2.14. The maximum absolute atomic E-state index is 11.9. The molecule has 0 saturated carbocycles. The molecule has 22 heavy (non-hydrogen) atoms. The Morgan fingerprint density at radius 1 is 1.36 bits per heavy atom. The largest absolute Gasteiger partial charge is 0.477 e. The summed E-state index contributed by atoms with van der Waals surface area (Å²) >= 11 is 11.8. The van der Waals surface area contributed by atoms with Crippen molar-refractivity contribution < 1.29 is 14.3 Å². The fourth-order valence-corrected chi connectivity index (χ4v) is 2.59. The van der Waals surface area contributed by atoms with Gasteiger partial charge in [-0.05, 0) is 25.1 Å². The number of rotatable bonds is 6. The molecule has 5 nitrogen and oxygen atoms in total. The van der Waals surface area contributed by atoms with Crippen LogP contribution < -0.4 is 10.1 Å². The van der Waals surface area contributed by atoms with Gasteiger partial charge in [0, 0.05) is 37.7 Å². The van der Waals surface area contributed by atoms with Crippen LogP contribution >= 0.6 is 23.2 Å². The molecule has 1 unspecified atom stereocenters. The molecule has 1 heterocycles. The van der Waals surface area contributed by atoms with Crippen LogP contribution in [-0.4, -0.2) is 56.3 Å². The Labute approximate surface area is 140 Å². The first kappa shape index (κ1) is 17.3. The van der Waals surface area contributed by atoms with Gasteiger partial charge in [0.15, 0.2) is 6.10 Å². The molecule has 1 saturated heterocycles. The van der Waals surface area contributed by atoms with E-state index in [4.69, 9.17) is 32.7 Å². The van der Waals surface area contributed by atoms with E-state index in [-0.39, 0.29) is 0 Å². The lowest BCUT2D eigenvalue weighted by Crippen LogP contribution is -2.45. The van der Waals surface area contributed by atoms with Gasteiger partial charge >= 0.3 is 5.97 Å². The van der Waals surface area contributed by atoms with Crippen molar-refractivity contribution in [1.82, 2.24) is 10.2 Å². The predicted molar refractivity (Wildman–Crippen MR) is 86.8 cm³/mol. The summed E-state index contributed by atoms with van der Waals surface area (Å²) in [5.41, 5.74) is 0. The lowest BCUT2D eigenvalue weighted by atomic mass is 10.3. The third-order valence-corrected chi connectivity index (χ3v) is 3.92. The molecule has 1 aromatic rings. The number of piperazine rings is 1. The van der Waals surface area contributed by atoms with E-state index in [0.717, 1.165) is 32.7 Å². The Morgan fingerprint density at radius 2 is 2.09 bits per heavy atom. The Morgan fingerprint density at radius 3 is 2.77 bits per heavy atom. The second-order valence-corrected chi connectivity index (χ2v) is 5.94. The van der Waals surface area contributed by atoms with Crippen molar-refractivity contribution in [1.29, 1.82) is 0 Å². The first-order chi connectivity index (χ1) is 10.6. The summed E-state index contributed by atoms with van der Waals surface area (Å²) in [7, 11) is 0. The molecule has 122 valence electrons. The predicted octanol–water partition coefficient (Wildman–Crippen LogP) is 2.21. The van der Waals surface area contributed by atoms with E-state index in [9.17, 15) is 4.79 Å². The van der Waals surface area contributed by atoms with Gasteiger partial charge in [0.05, 0.1) is 5.02 Å². The lowest BCUT2D eigenvalue weighted by Gasteiger charge is -2.26. The Kier molecular flexibility index (Phi) is 6.76. The van der Waals surface area contributed by atoms with Crippen LogP contribution in [0.25, 0.3) is 0 Å². The molecular formula is C15H20Cl2N2O3. The minimum Gasteiger partial charge on any atom is -0.477 e. The Balaban J connectivity index is 1.74. The fraction of sp³-hybridized carbons (Fsp3) is 0.533. The minimum atomic E-state index is -0.721. The summed E-state index contributed by atoms with van der Waals surface area (Å²) in [4.78, 5) is 14.2. The number of esters is 1. The van der Waals surface area contributed by atoms with Crippen LogP contribution in [-0.2, 0) is 9.53 Å². The summed E-state index contributed by atoms with van der Waals surface area (Å²) in [5, 5.41) is 4.16. The van der Waals surface area contributed by atoms with Crippen molar-refractivity contribution in [2.45, 2.75) is 13.0 Å². The first-order valence-corrected chi connectivity index (χ1v) is 8.03. The number of ether oxygens (including phenoxy) is 2. The van der Waals surface area contributed by atoms with Crippen molar-refractivity contribution in [2.75, 3.05) is 39.3 Å². The number of benzene rings is 1. The monoisotopic (exact) mass is 346 g/mol.